The molecule has 2 fully saturated rings. The van der Waals surface area contributed by atoms with E-state index in [1.807, 2.05) is 13.8 Å². The van der Waals surface area contributed by atoms with E-state index in [2.05, 4.69) is 5.32 Å². The molecule has 3 aliphatic rings. The second-order valence-electron chi connectivity index (χ2n) is 9.42. The van der Waals surface area contributed by atoms with Crippen LogP contribution in [0.1, 0.15) is 59.1 Å². The molecule has 4 heterocycles. The maximum Gasteiger partial charge on any atom is 0.274 e. The summed E-state index contributed by atoms with van der Waals surface area (Å²) in [5.74, 6) is -7.20. The first-order chi connectivity index (χ1) is 17.0. The van der Waals surface area contributed by atoms with Gasteiger partial charge in [0, 0.05) is 49.4 Å². The molecule has 36 heavy (non-hydrogen) atoms. The summed E-state index contributed by atoms with van der Waals surface area (Å²) < 4.78 is 54.7. The van der Waals surface area contributed by atoms with Gasteiger partial charge in [0.1, 0.15) is 29.1 Å². The summed E-state index contributed by atoms with van der Waals surface area (Å²) >= 11 is 0. The van der Waals surface area contributed by atoms with Crippen molar-refractivity contribution in [3.8, 4) is 5.75 Å². The van der Waals surface area contributed by atoms with Crippen molar-refractivity contribution in [2.75, 3.05) is 13.2 Å². The number of aromatic nitrogens is 1. The lowest BCUT2D eigenvalue weighted by Crippen LogP contribution is -2.52. The van der Waals surface area contributed by atoms with Gasteiger partial charge in [0.25, 0.3) is 11.8 Å². The number of amides is 2. The number of hydrogen-bond acceptors (Lipinski definition) is 6. The normalized spacial score (nSPS) is 27.2. The first-order valence-electron chi connectivity index (χ1n) is 11.5. The SMILES string of the molecule is C[C@@H]1CO[C@]2(CC[C@H](C)N3C[C@H]2n2cc(C(=O)NCc4c(F)cc(F)cc4F)c(=O)c(O)c2C3=O)O1. The van der Waals surface area contributed by atoms with Crippen molar-refractivity contribution >= 4 is 11.8 Å². The number of nitrogens with one attached hydrogen (secondary N) is 1. The van der Waals surface area contributed by atoms with Crippen molar-refractivity contribution in [2.24, 2.45) is 0 Å². The van der Waals surface area contributed by atoms with E-state index in [1.54, 1.807) is 4.90 Å². The lowest BCUT2D eigenvalue weighted by atomic mass is 9.99. The number of hydrogen-bond donors (Lipinski definition) is 2. The molecule has 1 spiro atoms. The van der Waals surface area contributed by atoms with Gasteiger partial charge in [-0.15, -0.1) is 0 Å². The van der Waals surface area contributed by atoms with E-state index < -0.39 is 69.9 Å². The van der Waals surface area contributed by atoms with E-state index in [-0.39, 0.29) is 24.4 Å². The molecule has 2 aromatic rings. The molecule has 12 heteroatoms. The highest BCUT2D eigenvalue weighted by Crippen LogP contribution is 2.45. The molecule has 0 radical (unpaired) electrons. The lowest BCUT2D eigenvalue weighted by molar-refractivity contribution is -0.201. The smallest absolute Gasteiger partial charge is 0.274 e. The molecule has 0 aliphatic carbocycles. The van der Waals surface area contributed by atoms with Gasteiger partial charge in [-0.1, -0.05) is 0 Å². The Labute approximate surface area is 203 Å². The highest BCUT2D eigenvalue weighted by Gasteiger charge is 2.54. The molecule has 0 unspecified atom stereocenters. The standard InChI is InChI=1S/C24H24F3N3O6/c1-11-3-4-24(35-10-12(2)36-24)18-9-29(11)23(34)19-21(32)20(31)15(8-30(18)19)22(33)28-7-14-16(26)5-13(25)6-17(14)27/h5-6,8,11-12,18,32H,3-4,7,9-10H2,1-2H3,(H,28,33)/t11-,12+,18+,24+/m0/s1. The molecule has 0 saturated carbocycles. The van der Waals surface area contributed by atoms with Crippen molar-refractivity contribution < 1.29 is 37.3 Å². The third-order valence-corrected chi connectivity index (χ3v) is 7.07. The third-order valence-electron chi connectivity index (χ3n) is 7.07. The summed E-state index contributed by atoms with van der Waals surface area (Å²) in [7, 11) is 0. The maximum absolute atomic E-state index is 14.0. The number of ether oxygens (including phenoxy) is 2. The molecule has 4 atom stereocenters. The van der Waals surface area contributed by atoms with E-state index in [0.29, 0.717) is 31.6 Å². The molecule has 2 bridgehead atoms. The van der Waals surface area contributed by atoms with Gasteiger partial charge < -0.3 is 29.4 Å². The van der Waals surface area contributed by atoms with E-state index in [9.17, 15) is 32.7 Å². The second-order valence-corrected chi connectivity index (χ2v) is 9.42. The number of pyridine rings is 1. The molecular formula is C24H24F3N3O6. The number of benzene rings is 1. The zero-order chi connectivity index (χ0) is 25.9. The van der Waals surface area contributed by atoms with Crippen LogP contribution in [-0.2, 0) is 16.0 Å². The van der Waals surface area contributed by atoms with Crippen LogP contribution in [0, 0.1) is 17.5 Å². The summed E-state index contributed by atoms with van der Waals surface area (Å²) in [6.07, 6.45) is 1.89. The monoisotopic (exact) mass is 507 g/mol. The van der Waals surface area contributed by atoms with Crippen LogP contribution in [0.3, 0.4) is 0 Å². The predicted molar refractivity (Wildman–Crippen MR) is 118 cm³/mol. The van der Waals surface area contributed by atoms with Crippen LogP contribution in [0.5, 0.6) is 5.75 Å². The summed E-state index contributed by atoms with van der Waals surface area (Å²) in [5.41, 5.74) is -2.55. The van der Waals surface area contributed by atoms with Gasteiger partial charge in [-0.05, 0) is 20.3 Å². The molecule has 3 aliphatic heterocycles. The van der Waals surface area contributed by atoms with Crippen molar-refractivity contribution in [2.45, 2.75) is 57.2 Å². The highest BCUT2D eigenvalue weighted by molar-refractivity contribution is 5.99. The van der Waals surface area contributed by atoms with Crippen molar-refractivity contribution in [1.82, 2.24) is 14.8 Å². The Morgan fingerprint density at radius 2 is 1.92 bits per heavy atom. The topological polar surface area (TPSA) is 110 Å². The minimum atomic E-state index is -1.21. The summed E-state index contributed by atoms with van der Waals surface area (Å²) in [6, 6.07) is 0.0483. The van der Waals surface area contributed by atoms with Crippen LogP contribution in [0.4, 0.5) is 13.2 Å². The quantitative estimate of drug-likeness (QED) is 0.660. The minimum absolute atomic E-state index is 0.162. The van der Waals surface area contributed by atoms with E-state index in [4.69, 9.17) is 9.47 Å². The molecular weight excluding hydrogens is 483 g/mol. The van der Waals surface area contributed by atoms with Crippen LogP contribution in [-0.4, -0.2) is 57.5 Å². The minimum Gasteiger partial charge on any atom is -0.503 e. The Hall–Kier alpha value is -3.38. The molecule has 9 nitrogen and oxygen atoms in total. The fourth-order valence-corrected chi connectivity index (χ4v) is 5.17. The zero-order valence-corrected chi connectivity index (χ0v) is 19.5. The summed E-state index contributed by atoms with van der Waals surface area (Å²) in [5, 5.41) is 13.0. The summed E-state index contributed by atoms with van der Waals surface area (Å²) in [4.78, 5) is 40.6. The Kier molecular flexibility index (Phi) is 5.83. The first kappa shape index (κ1) is 24.3. The molecule has 1 aromatic heterocycles. The van der Waals surface area contributed by atoms with E-state index in [0.717, 1.165) is 6.20 Å². The van der Waals surface area contributed by atoms with Gasteiger partial charge >= 0.3 is 0 Å². The molecule has 2 amide bonds. The Morgan fingerprint density at radius 1 is 1.22 bits per heavy atom. The second kappa shape index (κ2) is 8.63. The van der Waals surface area contributed by atoms with Gasteiger partial charge in [0.05, 0.1) is 12.7 Å². The number of rotatable bonds is 3. The van der Waals surface area contributed by atoms with Gasteiger partial charge in [0.15, 0.2) is 17.2 Å². The lowest BCUT2D eigenvalue weighted by Gasteiger charge is -2.42. The molecule has 192 valence electrons. The third kappa shape index (κ3) is 3.75. The van der Waals surface area contributed by atoms with Crippen LogP contribution < -0.4 is 10.7 Å². The largest absolute Gasteiger partial charge is 0.503 e. The van der Waals surface area contributed by atoms with E-state index >= 15 is 0 Å². The summed E-state index contributed by atoms with van der Waals surface area (Å²) in [6.45, 7) is 3.48. The first-order valence-corrected chi connectivity index (χ1v) is 11.5. The Balaban J connectivity index is 1.55. The van der Waals surface area contributed by atoms with Crippen LogP contribution in [0.2, 0.25) is 0 Å². The molecule has 2 N–H and O–H groups in total. The van der Waals surface area contributed by atoms with Crippen molar-refractivity contribution in [1.29, 1.82) is 0 Å². The highest BCUT2D eigenvalue weighted by atomic mass is 19.1. The number of nitrogens with zero attached hydrogens (tertiary/aromatic N) is 2. The van der Waals surface area contributed by atoms with E-state index in [1.165, 1.54) is 4.57 Å². The fraction of sp³-hybridized carbons (Fsp3) is 0.458. The molecule has 2 saturated heterocycles. The molecule has 5 rings (SSSR count). The van der Waals surface area contributed by atoms with Gasteiger partial charge in [0.2, 0.25) is 5.43 Å². The number of carbonyl (C=O) groups is 2. The predicted octanol–water partition coefficient (Wildman–Crippen LogP) is 2.21. The van der Waals surface area contributed by atoms with Crippen LogP contribution in [0.25, 0.3) is 0 Å². The average Bonchev–Trinajstić information content (AvgIpc) is 3.14. The Bertz CT molecular complexity index is 1310. The van der Waals surface area contributed by atoms with Crippen LogP contribution in [0.15, 0.2) is 23.1 Å². The zero-order valence-electron chi connectivity index (χ0n) is 19.5. The average molecular weight is 507 g/mol. The number of halogens is 3. The Morgan fingerprint density at radius 3 is 2.56 bits per heavy atom. The van der Waals surface area contributed by atoms with Gasteiger partial charge in [-0.3, -0.25) is 14.4 Å². The fourth-order valence-electron chi connectivity index (χ4n) is 5.17. The maximum atomic E-state index is 14.0. The van der Waals surface area contributed by atoms with Crippen molar-refractivity contribution in [3.05, 3.63) is 62.8 Å². The van der Waals surface area contributed by atoms with Gasteiger partial charge in [-0.25, -0.2) is 13.2 Å². The number of aromatic hydroxyl groups is 1. The van der Waals surface area contributed by atoms with Crippen LogP contribution >= 0.6 is 0 Å². The molecule has 1 aromatic carbocycles. The number of fused-ring (bicyclic) bond motifs is 5. The van der Waals surface area contributed by atoms with Crippen molar-refractivity contribution in [3.63, 3.8) is 0 Å². The number of carbonyl (C=O) groups excluding carboxylic acids is 2. The van der Waals surface area contributed by atoms with Gasteiger partial charge in [-0.2, -0.15) is 0 Å².